The standard InChI is InChI=1S/C21H23N3O3S/c1-4-24(18-8-6-5-7-16(18)3)20(25)14-28-21-23-22-19(27-21)13-26-17-11-9-15(2)10-12-17/h5-12H,4,13-14H2,1-3H3. The number of hydrogen-bond donors (Lipinski definition) is 0. The minimum Gasteiger partial charge on any atom is -0.484 e. The highest BCUT2D eigenvalue weighted by atomic mass is 32.2. The summed E-state index contributed by atoms with van der Waals surface area (Å²) in [6.45, 7) is 6.77. The van der Waals surface area contributed by atoms with Gasteiger partial charge in [-0.25, -0.2) is 0 Å². The number of para-hydroxylation sites is 1. The Bertz CT molecular complexity index is 925. The molecule has 0 radical (unpaired) electrons. The molecule has 0 aliphatic carbocycles. The van der Waals surface area contributed by atoms with Gasteiger partial charge in [0.2, 0.25) is 5.91 Å². The normalized spacial score (nSPS) is 10.7. The van der Waals surface area contributed by atoms with Crippen molar-refractivity contribution in [2.24, 2.45) is 0 Å². The van der Waals surface area contributed by atoms with E-state index in [2.05, 4.69) is 10.2 Å². The van der Waals surface area contributed by atoms with Gasteiger partial charge in [0.15, 0.2) is 6.61 Å². The van der Waals surface area contributed by atoms with E-state index in [-0.39, 0.29) is 18.3 Å². The molecular weight excluding hydrogens is 374 g/mol. The molecule has 146 valence electrons. The first-order chi connectivity index (χ1) is 13.6. The summed E-state index contributed by atoms with van der Waals surface area (Å²) in [4.78, 5) is 14.4. The first-order valence-electron chi connectivity index (χ1n) is 9.07. The molecule has 0 fully saturated rings. The molecule has 3 aromatic rings. The first-order valence-corrected chi connectivity index (χ1v) is 10.1. The van der Waals surface area contributed by atoms with E-state index in [1.807, 2.05) is 69.3 Å². The van der Waals surface area contributed by atoms with Crippen LogP contribution in [0.3, 0.4) is 0 Å². The molecule has 6 nitrogen and oxygen atoms in total. The largest absolute Gasteiger partial charge is 0.484 e. The number of rotatable bonds is 8. The summed E-state index contributed by atoms with van der Waals surface area (Å²) in [6, 6.07) is 15.6. The number of aryl methyl sites for hydroxylation is 2. The Kier molecular flexibility index (Phi) is 6.71. The predicted molar refractivity (Wildman–Crippen MR) is 110 cm³/mol. The summed E-state index contributed by atoms with van der Waals surface area (Å²) in [5.74, 6) is 1.34. The van der Waals surface area contributed by atoms with Crippen LogP contribution in [0.25, 0.3) is 0 Å². The maximum absolute atomic E-state index is 12.6. The number of hydrogen-bond acceptors (Lipinski definition) is 6. The Morgan fingerprint density at radius 1 is 1.11 bits per heavy atom. The monoisotopic (exact) mass is 397 g/mol. The van der Waals surface area contributed by atoms with Crippen LogP contribution in [0.4, 0.5) is 5.69 Å². The van der Waals surface area contributed by atoms with Crippen molar-refractivity contribution in [2.45, 2.75) is 32.6 Å². The van der Waals surface area contributed by atoms with Gasteiger partial charge < -0.3 is 14.1 Å². The van der Waals surface area contributed by atoms with Gasteiger partial charge in [0, 0.05) is 12.2 Å². The number of anilines is 1. The highest BCUT2D eigenvalue weighted by molar-refractivity contribution is 7.99. The maximum atomic E-state index is 12.6. The van der Waals surface area contributed by atoms with Crippen molar-refractivity contribution in [1.29, 1.82) is 0 Å². The van der Waals surface area contributed by atoms with Crippen molar-refractivity contribution in [3.05, 3.63) is 65.5 Å². The van der Waals surface area contributed by atoms with Gasteiger partial charge in [-0.3, -0.25) is 4.79 Å². The number of thioether (sulfide) groups is 1. The molecule has 0 atom stereocenters. The molecule has 0 unspecified atom stereocenters. The molecule has 28 heavy (non-hydrogen) atoms. The lowest BCUT2D eigenvalue weighted by molar-refractivity contribution is -0.116. The molecular formula is C21H23N3O3S. The number of benzene rings is 2. The second kappa shape index (κ2) is 9.41. The van der Waals surface area contributed by atoms with Gasteiger partial charge in [-0.05, 0) is 44.5 Å². The van der Waals surface area contributed by atoms with Crippen molar-refractivity contribution >= 4 is 23.4 Å². The molecule has 2 aromatic carbocycles. The maximum Gasteiger partial charge on any atom is 0.277 e. The Hall–Kier alpha value is -2.80. The van der Waals surface area contributed by atoms with Crippen LogP contribution in [0, 0.1) is 13.8 Å². The number of ether oxygens (including phenoxy) is 1. The molecule has 0 spiro atoms. The average Bonchev–Trinajstić information content (AvgIpc) is 3.16. The lowest BCUT2D eigenvalue weighted by Crippen LogP contribution is -2.32. The molecule has 1 heterocycles. The fourth-order valence-electron chi connectivity index (χ4n) is 2.68. The molecule has 0 aliphatic heterocycles. The van der Waals surface area contributed by atoms with Crippen molar-refractivity contribution in [3.63, 3.8) is 0 Å². The van der Waals surface area contributed by atoms with E-state index in [4.69, 9.17) is 9.15 Å². The van der Waals surface area contributed by atoms with Crippen LogP contribution < -0.4 is 9.64 Å². The Balaban J connectivity index is 1.54. The van der Waals surface area contributed by atoms with Gasteiger partial charge in [0.05, 0.1) is 5.75 Å². The van der Waals surface area contributed by atoms with Crippen LogP contribution in [-0.2, 0) is 11.4 Å². The second-order valence-electron chi connectivity index (χ2n) is 6.28. The Morgan fingerprint density at radius 3 is 2.57 bits per heavy atom. The fourth-order valence-corrected chi connectivity index (χ4v) is 3.34. The van der Waals surface area contributed by atoms with Crippen LogP contribution in [0.2, 0.25) is 0 Å². The summed E-state index contributed by atoms with van der Waals surface area (Å²) >= 11 is 1.23. The summed E-state index contributed by atoms with van der Waals surface area (Å²) in [5, 5.41) is 8.32. The van der Waals surface area contributed by atoms with Gasteiger partial charge in [0.25, 0.3) is 11.1 Å². The van der Waals surface area contributed by atoms with Crippen LogP contribution in [0.1, 0.15) is 23.9 Å². The lowest BCUT2D eigenvalue weighted by atomic mass is 10.2. The van der Waals surface area contributed by atoms with Gasteiger partial charge in [-0.1, -0.05) is 47.7 Å². The molecule has 7 heteroatoms. The highest BCUT2D eigenvalue weighted by Gasteiger charge is 2.17. The number of nitrogens with zero attached hydrogens (tertiary/aromatic N) is 3. The minimum absolute atomic E-state index is 0.00236. The Labute approximate surface area is 168 Å². The average molecular weight is 398 g/mol. The van der Waals surface area contributed by atoms with E-state index in [0.717, 1.165) is 17.0 Å². The van der Waals surface area contributed by atoms with Crippen LogP contribution in [0.5, 0.6) is 5.75 Å². The lowest BCUT2D eigenvalue weighted by Gasteiger charge is -2.22. The molecule has 0 saturated carbocycles. The summed E-state index contributed by atoms with van der Waals surface area (Å²) < 4.78 is 11.2. The highest BCUT2D eigenvalue weighted by Crippen LogP contribution is 2.23. The second-order valence-corrected chi connectivity index (χ2v) is 7.20. The molecule has 3 rings (SSSR count). The predicted octanol–water partition coefficient (Wildman–Crippen LogP) is 4.41. The zero-order chi connectivity index (χ0) is 19.9. The quantitative estimate of drug-likeness (QED) is 0.525. The number of amides is 1. The van der Waals surface area contributed by atoms with E-state index in [9.17, 15) is 4.79 Å². The number of aromatic nitrogens is 2. The van der Waals surface area contributed by atoms with Gasteiger partial charge >= 0.3 is 0 Å². The smallest absolute Gasteiger partial charge is 0.277 e. The summed E-state index contributed by atoms with van der Waals surface area (Å²) in [6.07, 6.45) is 0. The number of carbonyl (C=O) groups excluding carboxylic acids is 1. The fraction of sp³-hybridized carbons (Fsp3) is 0.286. The van der Waals surface area contributed by atoms with Crippen molar-refractivity contribution in [2.75, 3.05) is 17.2 Å². The number of carbonyl (C=O) groups is 1. The molecule has 1 amide bonds. The van der Waals surface area contributed by atoms with Crippen LogP contribution >= 0.6 is 11.8 Å². The van der Waals surface area contributed by atoms with E-state index >= 15 is 0 Å². The summed E-state index contributed by atoms with van der Waals surface area (Å²) in [7, 11) is 0. The third-order valence-corrected chi connectivity index (χ3v) is 4.98. The van der Waals surface area contributed by atoms with E-state index in [1.165, 1.54) is 17.3 Å². The van der Waals surface area contributed by atoms with E-state index in [0.29, 0.717) is 17.7 Å². The van der Waals surface area contributed by atoms with Crippen molar-refractivity contribution < 1.29 is 13.9 Å². The topological polar surface area (TPSA) is 68.5 Å². The molecule has 0 bridgehead atoms. The Morgan fingerprint density at radius 2 is 1.86 bits per heavy atom. The van der Waals surface area contributed by atoms with Crippen LogP contribution in [0.15, 0.2) is 58.2 Å². The first kappa shape index (κ1) is 19.9. The zero-order valence-electron chi connectivity index (χ0n) is 16.2. The zero-order valence-corrected chi connectivity index (χ0v) is 17.0. The van der Waals surface area contributed by atoms with Crippen molar-refractivity contribution in [3.8, 4) is 5.75 Å². The van der Waals surface area contributed by atoms with Crippen molar-refractivity contribution in [1.82, 2.24) is 10.2 Å². The molecule has 0 aliphatic rings. The molecule has 1 aromatic heterocycles. The van der Waals surface area contributed by atoms with Gasteiger partial charge in [-0.2, -0.15) is 0 Å². The molecule has 0 saturated heterocycles. The van der Waals surface area contributed by atoms with Crippen LogP contribution in [-0.4, -0.2) is 28.4 Å². The van der Waals surface area contributed by atoms with Gasteiger partial charge in [-0.15, -0.1) is 10.2 Å². The van der Waals surface area contributed by atoms with Gasteiger partial charge in [0.1, 0.15) is 5.75 Å². The van der Waals surface area contributed by atoms with E-state index in [1.54, 1.807) is 4.90 Å². The summed E-state index contributed by atoms with van der Waals surface area (Å²) in [5.41, 5.74) is 3.16. The third-order valence-electron chi connectivity index (χ3n) is 4.17. The van der Waals surface area contributed by atoms with E-state index < -0.39 is 0 Å². The molecule has 0 N–H and O–H groups in total. The minimum atomic E-state index is -0.00236. The third kappa shape index (κ3) is 5.13. The SMILES string of the molecule is CCN(C(=O)CSc1nnc(COc2ccc(C)cc2)o1)c1ccccc1C.